The summed E-state index contributed by atoms with van der Waals surface area (Å²) < 4.78 is 0. The molecule has 1 saturated heterocycles. The molecule has 3 heteroatoms. The van der Waals surface area contributed by atoms with Crippen molar-refractivity contribution in [1.29, 1.82) is 0 Å². The molecule has 0 spiro atoms. The summed E-state index contributed by atoms with van der Waals surface area (Å²) >= 11 is 0. The van der Waals surface area contributed by atoms with E-state index in [1.807, 2.05) is 7.05 Å². The van der Waals surface area contributed by atoms with Gasteiger partial charge in [-0.25, -0.2) is 0 Å². The van der Waals surface area contributed by atoms with Gasteiger partial charge in [0.1, 0.15) is 0 Å². The number of β-amino-alcohol motifs (C(OH)–C–C–N with tert-alkyl or cyclic N) is 1. The van der Waals surface area contributed by atoms with E-state index in [4.69, 9.17) is 0 Å². The normalized spacial score (nSPS) is 26.2. The topological polar surface area (TPSA) is 35.5 Å². The molecule has 66 valence electrons. The van der Waals surface area contributed by atoms with Gasteiger partial charge in [-0.05, 0) is 33.0 Å². The summed E-state index contributed by atoms with van der Waals surface area (Å²) in [4.78, 5) is 2.32. The smallest absolute Gasteiger partial charge is 0.0679 e. The Hall–Kier alpha value is -0.120. The van der Waals surface area contributed by atoms with Crippen molar-refractivity contribution in [1.82, 2.24) is 10.2 Å². The molecule has 0 aliphatic carbocycles. The van der Waals surface area contributed by atoms with Gasteiger partial charge < -0.3 is 15.3 Å². The number of aliphatic hydroxyl groups excluding tert-OH is 1. The van der Waals surface area contributed by atoms with Crippen LogP contribution in [0.4, 0.5) is 0 Å². The maximum absolute atomic E-state index is 9.20. The van der Waals surface area contributed by atoms with Crippen molar-refractivity contribution in [3.8, 4) is 0 Å². The largest absolute Gasteiger partial charge is 0.392 e. The van der Waals surface area contributed by atoms with Crippen LogP contribution in [0.15, 0.2) is 0 Å². The van der Waals surface area contributed by atoms with Gasteiger partial charge in [0.05, 0.1) is 6.10 Å². The standard InChI is InChI=1S/C8H18N2O/c1-9-4-2-5-10-6-3-8(11)7-10/h8-9,11H,2-7H2,1H3. The lowest BCUT2D eigenvalue weighted by Gasteiger charge is -2.13. The second kappa shape index (κ2) is 4.70. The molecule has 0 amide bonds. The molecule has 1 atom stereocenters. The Kier molecular flexibility index (Phi) is 3.83. The van der Waals surface area contributed by atoms with Gasteiger partial charge >= 0.3 is 0 Å². The second-order valence-corrected chi connectivity index (χ2v) is 3.20. The molecule has 1 rings (SSSR count). The molecular weight excluding hydrogens is 140 g/mol. The fraction of sp³-hybridized carbons (Fsp3) is 1.00. The van der Waals surface area contributed by atoms with Crippen LogP contribution in [0.2, 0.25) is 0 Å². The quantitative estimate of drug-likeness (QED) is 0.550. The Balaban J connectivity index is 1.99. The van der Waals surface area contributed by atoms with Crippen molar-refractivity contribution < 1.29 is 5.11 Å². The molecule has 1 heterocycles. The number of likely N-dealkylation sites (tertiary alicyclic amines) is 1. The van der Waals surface area contributed by atoms with Crippen molar-refractivity contribution in [3.05, 3.63) is 0 Å². The molecule has 0 saturated carbocycles. The summed E-state index contributed by atoms with van der Waals surface area (Å²) in [7, 11) is 1.97. The minimum absolute atomic E-state index is 0.0652. The van der Waals surface area contributed by atoms with E-state index in [0.29, 0.717) is 0 Å². The van der Waals surface area contributed by atoms with Crippen LogP contribution >= 0.6 is 0 Å². The highest BCUT2D eigenvalue weighted by molar-refractivity contribution is 4.73. The summed E-state index contributed by atoms with van der Waals surface area (Å²) in [5.74, 6) is 0. The van der Waals surface area contributed by atoms with Gasteiger partial charge in [0.15, 0.2) is 0 Å². The highest BCUT2D eigenvalue weighted by Crippen LogP contribution is 2.07. The number of rotatable bonds is 4. The molecule has 0 bridgehead atoms. The first-order chi connectivity index (χ1) is 5.33. The van der Waals surface area contributed by atoms with Crippen molar-refractivity contribution in [2.45, 2.75) is 18.9 Å². The Morgan fingerprint density at radius 1 is 1.64 bits per heavy atom. The summed E-state index contributed by atoms with van der Waals surface area (Å²) in [6.45, 7) is 4.15. The zero-order valence-electron chi connectivity index (χ0n) is 7.21. The number of nitrogens with one attached hydrogen (secondary N) is 1. The number of nitrogens with zero attached hydrogens (tertiary/aromatic N) is 1. The molecule has 0 aromatic heterocycles. The molecule has 1 aliphatic heterocycles. The van der Waals surface area contributed by atoms with E-state index in [-0.39, 0.29) is 6.10 Å². The highest BCUT2D eigenvalue weighted by atomic mass is 16.3. The summed E-state index contributed by atoms with van der Waals surface area (Å²) in [5, 5.41) is 12.3. The van der Waals surface area contributed by atoms with Crippen molar-refractivity contribution in [2.75, 3.05) is 33.2 Å². The molecule has 11 heavy (non-hydrogen) atoms. The lowest BCUT2D eigenvalue weighted by atomic mass is 10.3. The van der Waals surface area contributed by atoms with Crippen LogP contribution in [0.3, 0.4) is 0 Å². The SMILES string of the molecule is CNCCCN1CCC(O)C1. The maximum atomic E-state index is 9.20. The van der Waals surface area contributed by atoms with Gasteiger partial charge in [0.2, 0.25) is 0 Å². The molecule has 1 fully saturated rings. The van der Waals surface area contributed by atoms with E-state index >= 15 is 0 Å². The summed E-state index contributed by atoms with van der Waals surface area (Å²) in [5.41, 5.74) is 0. The van der Waals surface area contributed by atoms with Crippen LogP contribution in [-0.2, 0) is 0 Å². The van der Waals surface area contributed by atoms with Crippen LogP contribution in [0.5, 0.6) is 0 Å². The van der Waals surface area contributed by atoms with E-state index < -0.39 is 0 Å². The predicted molar refractivity (Wildman–Crippen MR) is 45.6 cm³/mol. The minimum atomic E-state index is -0.0652. The van der Waals surface area contributed by atoms with Gasteiger partial charge in [0, 0.05) is 13.1 Å². The van der Waals surface area contributed by atoms with Crippen molar-refractivity contribution in [3.63, 3.8) is 0 Å². The highest BCUT2D eigenvalue weighted by Gasteiger charge is 2.18. The average Bonchev–Trinajstić information content (AvgIpc) is 2.37. The van der Waals surface area contributed by atoms with Crippen LogP contribution in [0.25, 0.3) is 0 Å². The Labute approximate surface area is 68.4 Å². The molecule has 3 nitrogen and oxygen atoms in total. The molecular formula is C8H18N2O. The van der Waals surface area contributed by atoms with E-state index in [2.05, 4.69) is 10.2 Å². The first-order valence-corrected chi connectivity index (χ1v) is 4.38. The Morgan fingerprint density at radius 3 is 3.00 bits per heavy atom. The van der Waals surface area contributed by atoms with Crippen LogP contribution in [0, 0.1) is 0 Å². The third kappa shape index (κ3) is 3.18. The monoisotopic (exact) mass is 158 g/mol. The lowest BCUT2D eigenvalue weighted by molar-refractivity contribution is 0.176. The third-order valence-electron chi connectivity index (χ3n) is 2.15. The molecule has 1 aliphatic rings. The number of hydrogen-bond donors (Lipinski definition) is 2. The third-order valence-corrected chi connectivity index (χ3v) is 2.15. The van der Waals surface area contributed by atoms with Gasteiger partial charge in [-0.2, -0.15) is 0 Å². The molecule has 2 N–H and O–H groups in total. The minimum Gasteiger partial charge on any atom is -0.392 e. The molecule has 0 aromatic carbocycles. The Bertz CT molecular complexity index is 108. The summed E-state index contributed by atoms with van der Waals surface area (Å²) in [6, 6.07) is 0. The molecule has 0 radical (unpaired) electrons. The predicted octanol–water partition coefficient (Wildman–Crippen LogP) is -0.338. The van der Waals surface area contributed by atoms with Gasteiger partial charge in [-0.15, -0.1) is 0 Å². The van der Waals surface area contributed by atoms with E-state index in [1.165, 1.54) is 6.42 Å². The Morgan fingerprint density at radius 2 is 2.45 bits per heavy atom. The maximum Gasteiger partial charge on any atom is 0.0679 e. The van der Waals surface area contributed by atoms with Crippen LogP contribution in [-0.4, -0.2) is 49.3 Å². The van der Waals surface area contributed by atoms with E-state index in [1.54, 1.807) is 0 Å². The first kappa shape index (κ1) is 8.97. The fourth-order valence-electron chi connectivity index (χ4n) is 1.49. The van der Waals surface area contributed by atoms with E-state index in [9.17, 15) is 5.11 Å². The van der Waals surface area contributed by atoms with Gasteiger partial charge in [-0.3, -0.25) is 0 Å². The van der Waals surface area contributed by atoms with Gasteiger partial charge in [0.25, 0.3) is 0 Å². The van der Waals surface area contributed by atoms with Crippen molar-refractivity contribution >= 4 is 0 Å². The molecule has 1 unspecified atom stereocenters. The lowest BCUT2D eigenvalue weighted by Crippen LogP contribution is -2.25. The first-order valence-electron chi connectivity index (χ1n) is 4.38. The number of aliphatic hydroxyl groups is 1. The molecule has 0 aromatic rings. The van der Waals surface area contributed by atoms with Crippen LogP contribution < -0.4 is 5.32 Å². The average molecular weight is 158 g/mol. The van der Waals surface area contributed by atoms with E-state index in [0.717, 1.165) is 32.6 Å². The number of hydrogen-bond acceptors (Lipinski definition) is 3. The second-order valence-electron chi connectivity index (χ2n) is 3.20. The van der Waals surface area contributed by atoms with Crippen LogP contribution in [0.1, 0.15) is 12.8 Å². The zero-order chi connectivity index (χ0) is 8.10. The van der Waals surface area contributed by atoms with Gasteiger partial charge in [-0.1, -0.05) is 0 Å². The fourth-order valence-corrected chi connectivity index (χ4v) is 1.49. The van der Waals surface area contributed by atoms with Crippen molar-refractivity contribution in [2.24, 2.45) is 0 Å². The zero-order valence-corrected chi connectivity index (χ0v) is 7.21. The summed E-state index contributed by atoms with van der Waals surface area (Å²) in [6.07, 6.45) is 2.08.